The van der Waals surface area contributed by atoms with E-state index in [0.717, 1.165) is 24.9 Å². The van der Waals surface area contributed by atoms with Gasteiger partial charge in [-0.3, -0.25) is 9.78 Å². The highest BCUT2D eigenvalue weighted by Crippen LogP contribution is 2.12. The molecular weight excluding hydrogens is 250 g/mol. The maximum atomic E-state index is 12.0. The Bertz CT molecular complexity index is 366. The molecule has 5 heteroatoms. The van der Waals surface area contributed by atoms with E-state index in [1.165, 1.54) is 6.42 Å². The van der Waals surface area contributed by atoms with Gasteiger partial charge in [0.05, 0.1) is 12.1 Å². The van der Waals surface area contributed by atoms with E-state index in [2.05, 4.69) is 15.6 Å². The minimum Gasteiger partial charge on any atom is -0.348 e. The molecule has 18 heavy (non-hydrogen) atoms. The van der Waals surface area contributed by atoms with Gasteiger partial charge < -0.3 is 10.6 Å². The molecule has 2 heterocycles. The second-order valence-corrected chi connectivity index (χ2v) is 4.52. The summed E-state index contributed by atoms with van der Waals surface area (Å²) in [5, 5.41) is 6.27. The average Bonchev–Trinajstić information content (AvgIpc) is 2.40. The van der Waals surface area contributed by atoms with Gasteiger partial charge in [-0.15, -0.1) is 12.4 Å². The minimum absolute atomic E-state index is 0. The summed E-state index contributed by atoms with van der Waals surface area (Å²) in [7, 11) is 0. The Kier molecular flexibility index (Phi) is 6.09. The molecule has 2 N–H and O–H groups in total. The molecule has 0 spiro atoms. The molecule has 1 aromatic rings. The van der Waals surface area contributed by atoms with E-state index in [-0.39, 0.29) is 30.4 Å². The van der Waals surface area contributed by atoms with Gasteiger partial charge in [-0.2, -0.15) is 0 Å². The van der Waals surface area contributed by atoms with Gasteiger partial charge in [0.2, 0.25) is 5.91 Å². The average molecular weight is 270 g/mol. The molecule has 2 unspecified atom stereocenters. The summed E-state index contributed by atoms with van der Waals surface area (Å²) in [6.45, 7) is 2.93. The summed E-state index contributed by atoms with van der Waals surface area (Å²) in [6, 6.07) is 3.85. The van der Waals surface area contributed by atoms with Gasteiger partial charge in [0.25, 0.3) is 0 Å². The number of nitrogens with zero attached hydrogens (tertiary/aromatic N) is 1. The second kappa shape index (κ2) is 7.34. The lowest BCUT2D eigenvalue weighted by molar-refractivity contribution is -0.124. The normalized spacial score (nSPS) is 20.6. The van der Waals surface area contributed by atoms with E-state index in [0.29, 0.717) is 0 Å². The first-order valence-corrected chi connectivity index (χ1v) is 6.21. The van der Waals surface area contributed by atoms with E-state index >= 15 is 0 Å². The molecule has 0 aliphatic carbocycles. The number of nitrogens with one attached hydrogen (secondary N) is 2. The number of piperidine rings is 1. The summed E-state index contributed by atoms with van der Waals surface area (Å²) in [4.78, 5) is 16.0. The Morgan fingerprint density at radius 1 is 1.56 bits per heavy atom. The Balaban J connectivity index is 0.00000162. The molecule has 1 fully saturated rings. The minimum atomic E-state index is -0.0251. The van der Waals surface area contributed by atoms with Gasteiger partial charge in [-0.1, -0.05) is 12.5 Å². The molecular formula is C13H20ClN3O. The molecule has 100 valence electrons. The Morgan fingerprint density at radius 2 is 2.39 bits per heavy atom. The molecule has 1 amide bonds. The number of pyridine rings is 1. The smallest absolute Gasteiger partial charge is 0.237 e. The third-order valence-electron chi connectivity index (χ3n) is 3.17. The highest BCUT2D eigenvalue weighted by atomic mass is 35.5. The molecule has 0 radical (unpaired) electrons. The zero-order valence-corrected chi connectivity index (χ0v) is 11.4. The number of hydrogen-bond acceptors (Lipinski definition) is 3. The largest absolute Gasteiger partial charge is 0.348 e. The van der Waals surface area contributed by atoms with Gasteiger partial charge in [-0.25, -0.2) is 0 Å². The van der Waals surface area contributed by atoms with Crippen LogP contribution in [0.15, 0.2) is 24.5 Å². The zero-order valence-electron chi connectivity index (χ0n) is 10.6. The van der Waals surface area contributed by atoms with Crippen LogP contribution in [-0.4, -0.2) is 23.5 Å². The molecule has 0 saturated carbocycles. The maximum Gasteiger partial charge on any atom is 0.237 e. The molecule has 4 nitrogen and oxygen atoms in total. The van der Waals surface area contributed by atoms with Crippen LogP contribution in [0.2, 0.25) is 0 Å². The molecule has 1 aliphatic heterocycles. The predicted molar refractivity (Wildman–Crippen MR) is 73.7 cm³/mol. The van der Waals surface area contributed by atoms with Crippen molar-refractivity contribution < 1.29 is 4.79 Å². The van der Waals surface area contributed by atoms with Crippen molar-refractivity contribution in [1.82, 2.24) is 15.6 Å². The van der Waals surface area contributed by atoms with Crippen LogP contribution in [0.25, 0.3) is 0 Å². The van der Waals surface area contributed by atoms with Gasteiger partial charge in [0.15, 0.2) is 0 Å². The van der Waals surface area contributed by atoms with Crippen molar-refractivity contribution in [3.8, 4) is 0 Å². The zero-order chi connectivity index (χ0) is 12.1. The first-order chi connectivity index (χ1) is 8.27. The van der Waals surface area contributed by atoms with Gasteiger partial charge >= 0.3 is 0 Å². The summed E-state index contributed by atoms with van der Waals surface area (Å²) in [6.07, 6.45) is 6.76. The van der Waals surface area contributed by atoms with E-state index in [4.69, 9.17) is 0 Å². The summed E-state index contributed by atoms with van der Waals surface area (Å²) >= 11 is 0. The Labute approximate surface area is 114 Å². The van der Waals surface area contributed by atoms with Crippen molar-refractivity contribution >= 4 is 18.3 Å². The third-order valence-corrected chi connectivity index (χ3v) is 3.17. The van der Waals surface area contributed by atoms with Crippen LogP contribution in [-0.2, 0) is 4.79 Å². The fourth-order valence-corrected chi connectivity index (χ4v) is 2.11. The van der Waals surface area contributed by atoms with Gasteiger partial charge in [0, 0.05) is 12.4 Å². The fraction of sp³-hybridized carbons (Fsp3) is 0.538. The van der Waals surface area contributed by atoms with Crippen LogP contribution in [0, 0.1) is 0 Å². The molecule has 1 saturated heterocycles. The van der Waals surface area contributed by atoms with Crippen LogP contribution in [0.5, 0.6) is 0 Å². The number of carbonyl (C=O) groups excluding carboxylic acids is 1. The van der Waals surface area contributed by atoms with E-state index in [1.807, 2.05) is 19.1 Å². The van der Waals surface area contributed by atoms with Crippen LogP contribution in [0.1, 0.15) is 37.8 Å². The Morgan fingerprint density at radius 3 is 3.00 bits per heavy atom. The number of rotatable bonds is 3. The maximum absolute atomic E-state index is 12.0. The summed E-state index contributed by atoms with van der Waals surface area (Å²) in [5.41, 5.74) is 1.04. The van der Waals surface area contributed by atoms with Gasteiger partial charge in [-0.05, 0) is 37.9 Å². The number of carbonyl (C=O) groups is 1. The van der Waals surface area contributed by atoms with Crippen molar-refractivity contribution in [3.63, 3.8) is 0 Å². The predicted octanol–water partition coefficient (Wildman–Crippen LogP) is 1.82. The highest BCUT2D eigenvalue weighted by molar-refractivity contribution is 5.85. The molecule has 0 aromatic carbocycles. The van der Waals surface area contributed by atoms with Crippen LogP contribution in [0.3, 0.4) is 0 Å². The molecule has 2 rings (SSSR count). The SMILES string of the molecule is CC(NC(=O)C1CCCCN1)c1cccnc1.Cl. The van der Waals surface area contributed by atoms with Crippen molar-refractivity contribution in [2.24, 2.45) is 0 Å². The van der Waals surface area contributed by atoms with Crippen molar-refractivity contribution in [1.29, 1.82) is 0 Å². The topological polar surface area (TPSA) is 54.0 Å². The van der Waals surface area contributed by atoms with Gasteiger partial charge in [0.1, 0.15) is 0 Å². The van der Waals surface area contributed by atoms with Crippen LogP contribution >= 0.6 is 12.4 Å². The molecule has 2 atom stereocenters. The number of hydrogen-bond donors (Lipinski definition) is 2. The highest BCUT2D eigenvalue weighted by Gasteiger charge is 2.21. The first-order valence-electron chi connectivity index (χ1n) is 6.21. The lowest BCUT2D eigenvalue weighted by atomic mass is 10.0. The lowest BCUT2D eigenvalue weighted by Gasteiger charge is -2.24. The number of aromatic nitrogens is 1. The summed E-state index contributed by atoms with van der Waals surface area (Å²) < 4.78 is 0. The van der Waals surface area contributed by atoms with Crippen LogP contribution in [0.4, 0.5) is 0 Å². The fourth-order valence-electron chi connectivity index (χ4n) is 2.11. The van der Waals surface area contributed by atoms with E-state index in [9.17, 15) is 4.79 Å². The third kappa shape index (κ3) is 3.96. The molecule has 0 bridgehead atoms. The number of halogens is 1. The Hall–Kier alpha value is -1.13. The standard InChI is InChI=1S/C13H19N3O.ClH/c1-10(11-5-4-7-14-9-11)16-13(17)12-6-2-3-8-15-12;/h4-5,7,9-10,12,15H,2-3,6,8H2,1H3,(H,16,17);1H. The molecule has 1 aliphatic rings. The first kappa shape index (κ1) is 14.9. The summed E-state index contributed by atoms with van der Waals surface area (Å²) in [5.74, 6) is 0.0982. The van der Waals surface area contributed by atoms with Crippen molar-refractivity contribution in [3.05, 3.63) is 30.1 Å². The second-order valence-electron chi connectivity index (χ2n) is 4.52. The van der Waals surface area contributed by atoms with E-state index < -0.39 is 0 Å². The quantitative estimate of drug-likeness (QED) is 0.880. The monoisotopic (exact) mass is 269 g/mol. The lowest BCUT2D eigenvalue weighted by Crippen LogP contribution is -2.47. The number of amides is 1. The van der Waals surface area contributed by atoms with Crippen molar-refractivity contribution in [2.75, 3.05) is 6.54 Å². The van der Waals surface area contributed by atoms with Crippen molar-refractivity contribution in [2.45, 2.75) is 38.3 Å². The van der Waals surface area contributed by atoms with Crippen LogP contribution < -0.4 is 10.6 Å². The van der Waals surface area contributed by atoms with E-state index in [1.54, 1.807) is 12.4 Å². The molecule has 1 aromatic heterocycles.